The van der Waals surface area contributed by atoms with Crippen molar-refractivity contribution in [1.29, 1.82) is 0 Å². The van der Waals surface area contributed by atoms with Gasteiger partial charge in [0.15, 0.2) is 5.65 Å². The van der Waals surface area contributed by atoms with Crippen molar-refractivity contribution in [3.05, 3.63) is 30.5 Å². The SMILES string of the molecule is COC(=O)Nc1ccc2cccnc2n1. The predicted octanol–water partition coefficient (Wildman–Crippen LogP) is 1.81. The van der Waals surface area contributed by atoms with Gasteiger partial charge in [-0.2, -0.15) is 0 Å². The molecule has 15 heavy (non-hydrogen) atoms. The van der Waals surface area contributed by atoms with Crippen molar-refractivity contribution in [2.75, 3.05) is 12.4 Å². The number of amides is 1. The second-order valence-electron chi connectivity index (χ2n) is 2.86. The van der Waals surface area contributed by atoms with E-state index in [0.29, 0.717) is 11.5 Å². The first-order valence-electron chi connectivity index (χ1n) is 4.36. The molecule has 0 aliphatic heterocycles. The monoisotopic (exact) mass is 203 g/mol. The lowest BCUT2D eigenvalue weighted by Gasteiger charge is -2.03. The second-order valence-corrected chi connectivity index (χ2v) is 2.86. The van der Waals surface area contributed by atoms with Gasteiger partial charge in [0.25, 0.3) is 0 Å². The van der Waals surface area contributed by atoms with E-state index < -0.39 is 6.09 Å². The Balaban J connectivity index is 2.34. The lowest BCUT2D eigenvalue weighted by molar-refractivity contribution is 0.187. The van der Waals surface area contributed by atoms with Crippen LogP contribution in [0, 0.1) is 0 Å². The fourth-order valence-electron chi connectivity index (χ4n) is 1.18. The quantitative estimate of drug-likeness (QED) is 0.767. The summed E-state index contributed by atoms with van der Waals surface area (Å²) < 4.78 is 4.46. The molecule has 0 aliphatic rings. The first kappa shape index (κ1) is 9.39. The van der Waals surface area contributed by atoms with Gasteiger partial charge >= 0.3 is 6.09 Å². The molecule has 2 heterocycles. The zero-order valence-corrected chi connectivity index (χ0v) is 8.10. The van der Waals surface area contributed by atoms with Gasteiger partial charge in [-0.05, 0) is 24.3 Å². The van der Waals surface area contributed by atoms with Crippen LogP contribution in [0.5, 0.6) is 0 Å². The summed E-state index contributed by atoms with van der Waals surface area (Å²) in [5, 5.41) is 3.40. The Morgan fingerprint density at radius 3 is 3.07 bits per heavy atom. The van der Waals surface area contributed by atoms with Gasteiger partial charge in [0.05, 0.1) is 7.11 Å². The van der Waals surface area contributed by atoms with Gasteiger partial charge in [-0.1, -0.05) is 0 Å². The van der Waals surface area contributed by atoms with Crippen LogP contribution in [0.2, 0.25) is 0 Å². The maximum absolute atomic E-state index is 10.9. The van der Waals surface area contributed by atoms with E-state index in [1.165, 1.54) is 7.11 Å². The Morgan fingerprint density at radius 1 is 1.40 bits per heavy atom. The first-order chi connectivity index (χ1) is 7.29. The first-order valence-corrected chi connectivity index (χ1v) is 4.36. The van der Waals surface area contributed by atoms with E-state index in [-0.39, 0.29) is 0 Å². The fourth-order valence-corrected chi connectivity index (χ4v) is 1.18. The number of hydrogen-bond donors (Lipinski definition) is 1. The molecule has 2 aromatic rings. The molecule has 1 amide bonds. The zero-order valence-electron chi connectivity index (χ0n) is 8.10. The topological polar surface area (TPSA) is 64.1 Å². The molecule has 0 unspecified atom stereocenters. The van der Waals surface area contributed by atoms with Crippen LogP contribution < -0.4 is 5.32 Å². The van der Waals surface area contributed by atoms with Crippen molar-refractivity contribution >= 4 is 22.9 Å². The normalized spacial score (nSPS) is 9.93. The molecular weight excluding hydrogens is 194 g/mol. The van der Waals surface area contributed by atoms with Crippen molar-refractivity contribution < 1.29 is 9.53 Å². The molecule has 0 fully saturated rings. The average Bonchev–Trinajstić information content (AvgIpc) is 2.29. The van der Waals surface area contributed by atoms with Gasteiger partial charge < -0.3 is 4.74 Å². The molecule has 5 nitrogen and oxygen atoms in total. The number of hydrogen-bond acceptors (Lipinski definition) is 4. The standard InChI is InChI=1S/C10H9N3O2/c1-15-10(14)13-8-5-4-7-3-2-6-11-9(7)12-8/h2-6H,1H3,(H,11,12,13,14). The summed E-state index contributed by atoms with van der Waals surface area (Å²) in [4.78, 5) is 19.1. The minimum atomic E-state index is -0.544. The Bertz CT molecular complexity index is 499. The van der Waals surface area contributed by atoms with E-state index in [9.17, 15) is 4.79 Å². The summed E-state index contributed by atoms with van der Waals surface area (Å²) >= 11 is 0. The molecule has 2 rings (SSSR count). The lowest BCUT2D eigenvalue weighted by Crippen LogP contribution is -2.12. The molecule has 0 bridgehead atoms. The van der Waals surface area contributed by atoms with E-state index >= 15 is 0 Å². The van der Waals surface area contributed by atoms with Crippen molar-refractivity contribution in [1.82, 2.24) is 9.97 Å². The van der Waals surface area contributed by atoms with Crippen LogP contribution in [-0.4, -0.2) is 23.2 Å². The molecule has 2 aromatic heterocycles. The number of nitrogens with one attached hydrogen (secondary N) is 1. The van der Waals surface area contributed by atoms with Gasteiger partial charge in [0, 0.05) is 11.6 Å². The van der Waals surface area contributed by atoms with Crippen LogP contribution in [0.15, 0.2) is 30.5 Å². The highest BCUT2D eigenvalue weighted by Gasteiger charge is 2.02. The molecule has 0 saturated heterocycles. The van der Waals surface area contributed by atoms with E-state index in [0.717, 1.165) is 5.39 Å². The van der Waals surface area contributed by atoms with Crippen molar-refractivity contribution in [2.24, 2.45) is 0 Å². The van der Waals surface area contributed by atoms with Crippen LogP contribution in [-0.2, 0) is 4.74 Å². The molecule has 0 aliphatic carbocycles. The summed E-state index contributed by atoms with van der Waals surface area (Å²) in [7, 11) is 1.30. The van der Waals surface area contributed by atoms with Crippen molar-refractivity contribution in [3.63, 3.8) is 0 Å². The lowest BCUT2D eigenvalue weighted by atomic mass is 10.3. The Kier molecular flexibility index (Phi) is 2.45. The van der Waals surface area contributed by atoms with Gasteiger partial charge in [-0.15, -0.1) is 0 Å². The van der Waals surface area contributed by atoms with Gasteiger partial charge in [0.1, 0.15) is 5.82 Å². The molecule has 5 heteroatoms. The molecule has 0 saturated carbocycles. The number of aromatic nitrogens is 2. The highest BCUT2D eigenvalue weighted by molar-refractivity contribution is 5.85. The van der Waals surface area contributed by atoms with Crippen LogP contribution in [0.25, 0.3) is 11.0 Å². The minimum absolute atomic E-state index is 0.424. The summed E-state index contributed by atoms with van der Waals surface area (Å²) in [6.45, 7) is 0. The molecule has 0 spiro atoms. The molecule has 1 N–H and O–H groups in total. The number of carbonyl (C=O) groups excluding carboxylic acids is 1. The van der Waals surface area contributed by atoms with Crippen LogP contribution in [0.1, 0.15) is 0 Å². The van der Waals surface area contributed by atoms with Crippen LogP contribution in [0.3, 0.4) is 0 Å². The van der Waals surface area contributed by atoms with Gasteiger partial charge in [0.2, 0.25) is 0 Å². The zero-order chi connectivity index (χ0) is 10.7. The third-order valence-electron chi connectivity index (χ3n) is 1.88. The maximum Gasteiger partial charge on any atom is 0.412 e. The summed E-state index contributed by atoms with van der Waals surface area (Å²) in [5.41, 5.74) is 0.589. The number of pyridine rings is 2. The van der Waals surface area contributed by atoms with Gasteiger partial charge in [-0.25, -0.2) is 14.8 Å². The Morgan fingerprint density at radius 2 is 2.27 bits per heavy atom. The summed E-state index contributed by atoms with van der Waals surface area (Å²) in [5.74, 6) is 0.424. The van der Waals surface area contributed by atoms with Gasteiger partial charge in [-0.3, -0.25) is 5.32 Å². The number of methoxy groups -OCH3 is 1. The van der Waals surface area contributed by atoms with Crippen molar-refractivity contribution in [2.45, 2.75) is 0 Å². The minimum Gasteiger partial charge on any atom is -0.453 e. The molecular formula is C10H9N3O2. The number of anilines is 1. The average molecular weight is 203 g/mol. The molecule has 0 aromatic carbocycles. The third-order valence-corrected chi connectivity index (χ3v) is 1.88. The summed E-state index contributed by atoms with van der Waals surface area (Å²) in [6.07, 6.45) is 1.11. The highest BCUT2D eigenvalue weighted by Crippen LogP contribution is 2.12. The van der Waals surface area contributed by atoms with Crippen LogP contribution in [0.4, 0.5) is 10.6 Å². The Labute approximate surface area is 86.1 Å². The smallest absolute Gasteiger partial charge is 0.412 e. The maximum atomic E-state index is 10.9. The molecule has 0 atom stereocenters. The third kappa shape index (κ3) is 2.01. The van der Waals surface area contributed by atoms with Crippen LogP contribution >= 0.6 is 0 Å². The highest BCUT2D eigenvalue weighted by atomic mass is 16.5. The second kappa shape index (κ2) is 3.91. The van der Waals surface area contributed by atoms with E-state index in [1.807, 2.05) is 18.2 Å². The molecule has 0 radical (unpaired) electrons. The van der Waals surface area contributed by atoms with E-state index in [1.54, 1.807) is 12.3 Å². The van der Waals surface area contributed by atoms with Crippen molar-refractivity contribution in [3.8, 4) is 0 Å². The Hall–Kier alpha value is -2.17. The summed E-state index contributed by atoms with van der Waals surface area (Å²) in [6, 6.07) is 7.26. The predicted molar refractivity (Wildman–Crippen MR) is 55.6 cm³/mol. The largest absolute Gasteiger partial charge is 0.453 e. The fraction of sp³-hybridized carbons (Fsp3) is 0.100. The number of rotatable bonds is 1. The number of ether oxygens (including phenoxy) is 1. The number of nitrogens with zero attached hydrogens (tertiary/aromatic N) is 2. The molecule has 76 valence electrons. The van der Waals surface area contributed by atoms with E-state index in [2.05, 4.69) is 20.0 Å². The number of fused-ring (bicyclic) bond motifs is 1. The van der Waals surface area contributed by atoms with E-state index in [4.69, 9.17) is 0 Å². The number of carbonyl (C=O) groups is 1.